The SMILES string of the molecule is Fc1cc(C(Br)C2C3CCCC32)c(F)cc1Br. The number of hydrogen-bond acceptors (Lipinski definition) is 0. The van der Waals surface area contributed by atoms with Crippen LogP contribution in [-0.4, -0.2) is 0 Å². The van der Waals surface area contributed by atoms with Crippen molar-refractivity contribution in [3.05, 3.63) is 33.8 Å². The van der Waals surface area contributed by atoms with Gasteiger partial charge in [-0.05, 0) is 58.7 Å². The maximum Gasteiger partial charge on any atom is 0.137 e. The van der Waals surface area contributed by atoms with Crippen LogP contribution in [0.15, 0.2) is 16.6 Å². The van der Waals surface area contributed by atoms with Gasteiger partial charge in [-0.3, -0.25) is 0 Å². The zero-order valence-electron chi connectivity index (χ0n) is 9.10. The third-order valence-corrected chi connectivity index (χ3v) is 5.86. The summed E-state index contributed by atoms with van der Waals surface area (Å²) in [6.07, 6.45) is 3.79. The Morgan fingerprint density at radius 3 is 2.41 bits per heavy atom. The van der Waals surface area contributed by atoms with E-state index in [-0.39, 0.29) is 15.1 Å². The topological polar surface area (TPSA) is 0 Å². The predicted molar refractivity (Wildman–Crippen MR) is 70.0 cm³/mol. The minimum Gasteiger partial charge on any atom is -0.207 e. The lowest BCUT2D eigenvalue weighted by Crippen LogP contribution is -2.02. The smallest absolute Gasteiger partial charge is 0.137 e. The van der Waals surface area contributed by atoms with Gasteiger partial charge in [0.05, 0.1) is 4.47 Å². The Balaban J connectivity index is 1.87. The van der Waals surface area contributed by atoms with Gasteiger partial charge in [0.1, 0.15) is 11.6 Å². The van der Waals surface area contributed by atoms with Gasteiger partial charge in [0.15, 0.2) is 0 Å². The van der Waals surface area contributed by atoms with E-state index in [1.165, 1.54) is 31.4 Å². The van der Waals surface area contributed by atoms with Crippen LogP contribution in [-0.2, 0) is 0 Å². The summed E-state index contributed by atoms with van der Waals surface area (Å²) < 4.78 is 27.5. The first-order valence-corrected chi connectivity index (χ1v) is 7.59. The summed E-state index contributed by atoms with van der Waals surface area (Å²) in [5, 5.41) is 0. The zero-order valence-corrected chi connectivity index (χ0v) is 12.3. The zero-order chi connectivity index (χ0) is 12.2. The summed E-state index contributed by atoms with van der Waals surface area (Å²) in [6.45, 7) is 0. The molecule has 0 N–H and O–H groups in total. The van der Waals surface area contributed by atoms with E-state index >= 15 is 0 Å². The van der Waals surface area contributed by atoms with Crippen molar-refractivity contribution < 1.29 is 8.78 Å². The molecule has 2 aliphatic rings. The van der Waals surface area contributed by atoms with Gasteiger partial charge in [-0.15, -0.1) is 0 Å². The second-order valence-electron chi connectivity index (χ2n) is 5.03. The van der Waals surface area contributed by atoms with Crippen molar-refractivity contribution in [1.82, 2.24) is 0 Å². The number of halogens is 4. The molecule has 2 saturated carbocycles. The van der Waals surface area contributed by atoms with Gasteiger partial charge < -0.3 is 0 Å². The Hall–Kier alpha value is 0.0400. The molecule has 17 heavy (non-hydrogen) atoms. The van der Waals surface area contributed by atoms with Crippen LogP contribution in [0, 0.1) is 29.4 Å². The van der Waals surface area contributed by atoms with E-state index in [9.17, 15) is 8.78 Å². The molecule has 4 heteroatoms. The maximum absolute atomic E-state index is 13.8. The highest BCUT2D eigenvalue weighted by molar-refractivity contribution is 9.10. The largest absolute Gasteiger partial charge is 0.207 e. The van der Waals surface area contributed by atoms with Crippen molar-refractivity contribution in [1.29, 1.82) is 0 Å². The lowest BCUT2D eigenvalue weighted by Gasteiger charge is -2.14. The van der Waals surface area contributed by atoms with E-state index < -0.39 is 5.82 Å². The summed E-state index contributed by atoms with van der Waals surface area (Å²) in [5.74, 6) is 1.23. The van der Waals surface area contributed by atoms with Crippen molar-refractivity contribution in [2.45, 2.75) is 24.1 Å². The van der Waals surface area contributed by atoms with Gasteiger partial charge in [-0.1, -0.05) is 22.4 Å². The molecule has 1 aromatic rings. The van der Waals surface area contributed by atoms with Crippen LogP contribution in [0.4, 0.5) is 8.78 Å². The average molecular weight is 366 g/mol. The number of fused-ring (bicyclic) bond motifs is 1. The lowest BCUT2D eigenvalue weighted by atomic mass is 10.0. The number of rotatable bonds is 2. The van der Waals surface area contributed by atoms with Crippen LogP contribution in [0.5, 0.6) is 0 Å². The Labute approximate surface area is 116 Å². The van der Waals surface area contributed by atoms with Crippen molar-refractivity contribution in [2.24, 2.45) is 17.8 Å². The summed E-state index contributed by atoms with van der Waals surface area (Å²) in [6, 6.07) is 2.53. The minimum atomic E-state index is -0.392. The first-order chi connectivity index (χ1) is 8.09. The van der Waals surface area contributed by atoms with E-state index in [4.69, 9.17) is 0 Å². The first-order valence-electron chi connectivity index (χ1n) is 5.88. The highest BCUT2D eigenvalue weighted by Crippen LogP contribution is 2.64. The molecular weight excluding hydrogens is 354 g/mol. The van der Waals surface area contributed by atoms with Crippen molar-refractivity contribution in [3.63, 3.8) is 0 Å². The maximum atomic E-state index is 13.8. The monoisotopic (exact) mass is 364 g/mol. The Morgan fingerprint density at radius 1 is 1.12 bits per heavy atom. The first kappa shape index (κ1) is 12.1. The quantitative estimate of drug-likeness (QED) is 0.498. The Kier molecular flexibility index (Phi) is 3.06. The average Bonchev–Trinajstić information content (AvgIpc) is 2.76. The molecule has 0 saturated heterocycles. The van der Waals surface area contributed by atoms with E-state index in [1.807, 2.05) is 0 Å². The number of alkyl halides is 1. The van der Waals surface area contributed by atoms with Gasteiger partial charge >= 0.3 is 0 Å². The molecular formula is C13H12Br2F2. The predicted octanol–water partition coefficient (Wildman–Crippen LogP) is 5.21. The fourth-order valence-corrected chi connectivity index (χ4v) is 4.72. The van der Waals surface area contributed by atoms with Gasteiger partial charge in [-0.2, -0.15) is 0 Å². The summed E-state index contributed by atoms with van der Waals surface area (Å²) in [4.78, 5) is -0.0413. The van der Waals surface area contributed by atoms with Gasteiger partial charge in [0.25, 0.3) is 0 Å². The van der Waals surface area contributed by atoms with Crippen LogP contribution in [0.3, 0.4) is 0 Å². The van der Waals surface area contributed by atoms with Crippen molar-refractivity contribution in [2.75, 3.05) is 0 Å². The molecule has 3 unspecified atom stereocenters. The molecule has 3 rings (SSSR count). The molecule has 0 nitrogen and oxygen atoms in total. The molecule has 2 fully saturated rings. The molecule has 2 aliphatic carbocycles. The third-order valence-electron chi connectivity index (χ3n) is 4.15. The Bertz CT molecular complexity index is 451. The molecule has 0 aliphatic heterocycles. The third kappa shape index (κ3) is 1.97. The van der Waals surface area contributed by atoms with Gasteiger partial charge in [-0.25, -0.2) is 8.78 Å². The standard InChI is InChI=1S/C13H12Br2F2/c14-9-5-10(16)8(4-11(9)17)13(15)12-6-2-1-3-7(6)12/h4-7,12-13H,1-3H2. The lowest BCUT2D eigenvalue weighted by molar-refractivity contribution is 0.542. The fourth-order valence-electron chi connectivity index (χ4n) is 3.27. The highest BCUT2D eigenvalue weighted by atomic mass is 79.9. The second-order valence-corrected chi connectivity index (χ2v) is 6.87. The molecule has 92 valence electrons. The molecule has 3 atom stereocenters. The van der Waals surface area contributed by atoms with E-state index in [1.54, 1.807) is 0 Å². The van der Waals surface area contributed by atoms with E-state index in [0.717, 1.165) is 11.8 Å². The molecule has 0 spiro atoms. The van der Waals surface area contributed by atoms with Crippen LogP contribution in [0.1, 0.15) is 29.7 Å². The molecule has 1 aromatic carbocycles. The molecule has 0 heterocycles. The summed E-state index contributed by atoms with van der Waals surface area (Å²) >= 11 is 6.56. The van der Waals surface area contributed by atoms with Crippen LogP contribution in [0.2, 0.25) is 0 Å². The van der Waals surface area contributed by atoms with Crippen molar-refractivity contribution >= 4 is 31.9 Å². The molecule has 0 bridgehead atoms. The minimum absolute atomic E-state index is 0.0413. The number of benzene rings is 1. The number of hydrogen-bond donors (Lipinski definition) is 0. The molecule has 0 amide bonds. The van der Waals surface area contributed by atoms with Crippen molar-refractivity contribution in [3.8, 4) is 0 Å². The van der Waals surface area contributed by atoms with E-state index in [0.29, 0.717) is 11.5 Å². The van der Waals surface area contributed by atoms with Gasteiger partial charge in [0, 0.05) is 10.4 Å². The Morgan fingerprint density at radius 2 is 1.76 bits per heavy atom. The van der Waals surface area contributed by atoms with Crippen LogP contribution >= 0.6 is 31.9 Å². The summed E-state index contributed by atoms with van der Waals surface area (Å²) in [7, 11) is 0. The fraction of sp³-hybridized carbons (Fsp3) is 0.538. The molecule has 0 radical (unpaired) electrons. The molecule has 0 aromatic heterocycles. The highest BCUT2D eigenvalue weighted by Gasteiger charge is 2.55. The second kappa shape index (κ2) is 4.30. The normalized spacial score (nSPS) is 32.4. The van der Waals surface area contributed by atoms with Crippen LogP contribution in [0.25, 0.3) is 0 Å². The summed E-state index contributed by atoms with van der Waals surface area (Å²) in [5.41, 5.74) is 0.463. The van der Waals surface area contributed by atoms with Crippen LogP contribution < -0.4 is 0 Å². The van der Waals surface area contributed by atoms with E-state index in [2.05, 4.69) is 31.9 Å². The van der Waals surface area contributed by atoms with Gasteiger partial charge in [0.2, 0.25) is 0 Å².